The van der Waals surface area contributed by atoms with Crippen LogP contribution in [0.3, 0.4) is 0 Å². The van der Waals surface area contributed by atoms with Crippen LogP contribution in [0.4, 0.5) is 0 Å². The molecule has 0 aliphatic carbocycles. The Morgan fingerprint density at radius 2 is 2.17 bits per heavy atom. The first-order valence-electron chi connectivity index (χ1n) is 5.03. The minimum absolute atomic E-state index is 0.0621. The van der Waals surface area contributed by atoms with Gasteiger partial charge >= 0.3 is 5.63 Å². The molecule has 94 valence electrons. The number of benzene rings is 1. The van der Waals surface area contributed by atoms with Crippen LogP contribution >= 0.6 is 23.2 Å². The molecule has 0 fully saturated rings. The van der Waals surface area contributed by atoms with Crippen molar-refractivity contribution in [3.8, 4) is 5.75 Å². The molecule has 0 N–H and O–H groups in total. The molecular weight excluding hydrogens is 279 g/mol. The van der Waals surface area contributed by atoms with Gasteiger partial charge in [0.15, 0.2) is 6.61 Å². The summed E-state index contributed by atoms with van der Waals surface area (Å²) in [5, 5.41) is 0.167. The van der Waals surface area contributed by atoms with Gasteiger partial charge in [0.05, 0.1) is 0 Å². The van der Waals surface area contributed by atoms with Gasteiger partial charge in [-0.1, -0.05) is 11.6 Å². The molecular formula is C12H8Cl2O4. The fourth-order valence-electron chi connectivity index (χ4n) is 1.54. The molecule has 18 heavy (non-hydrogen) atoms. The van der Waals surface area contributed by atoms with Crippen molar-refractivity contribution in [3.05, 3.63) is 39.2 Å². The summed E-state index contributed by atoms with van der Waals surface area (Å²) in [7, 11) is 0. The van der Waals surface area contributed by atoms with Gasteiger partial charge in [-0.2, -0.15) is 0 Å². The fraction of sp³-hybridized carbons (Fsp3) is 0.167. The van der Waals surface area contributed by atoms with Crippen molar-refractivity contribution < 1.29 is 13.9 Å². The van der Waals surface area contributed by atoms with Crippen molar-refractivity contribution in [1.82, 2.24) is 0 Å². The first kappa shape index (κ1) is 12.9. The fourth-order valence-corrected chi connectivity index (χ4v) is 1.74. The molecule has 1 aromatic heterocycles. The number of fused-ring (bicyclic) bond motifs is 1. The molecule has 0 spiro atoms. The van der Waals surface area contributed by atoms with Crippen molar-refractivity contribution in [3.63, 3.8) is 0 Å². The standard InChI is InChI=1S/C12H8Cl2O4/c1-6-8-3-2-7(17-5-10(13)15)4-9(8)18-12(16)11(6)14/h2-4H,5H2,1H3. The minimum Gasteiger partial charge on any atom is -0.484 e. The van der Waals surface area contributed by atoms with Crippen LogP contribution < -0.4 is 10.4 Å². The largest absolute Gasteiger partial charge is 0.484 e. The quantitative estimate of drug-likeness (QED) is 0.643. The van der Waals surface area contributed by atoms with Crippen LogP contribution in [0.1, 0.15) is 5.56 Å². The summed E-state index contributed by atoms with van der Waals surface area (Å²) in [6, 6.07) is 4.86. The molecule has 1 aromatic carbocycles. The topological polar surface area (TPSA) is 56.5 Å². The number of aryl methyl sites for hydroxylation is 1. The molecule has 1 heterocycles. The lowest BCUT2D eigenvalue weighted by Gasteiger charge is -2.06. The lowest BCUT2D eigenvalue weighted by Crippen LogP contribution is -2.05. The lowest BCUT2D eigenvalue weighted by atomic mass is 10.1. The Morgan fingerprint density at radius 1 is 1.44 bits per heavy atom. The van der Waals surface area contributed by atoms with Gasteiger partial charge in [-0.25, -0.2) is 4.79 Å². The minimum atomic E-state index is -0.608. The molecule has 4 nitrogen and oxygen atoms in total. The third kappa shape index (κ3) is 2.49. The second-order valence-electron chi connectivity index (χ2n) is 3.63. The van der Waals surface area contributed by atoms with Crippen molar-refractivity contribution >= 4 is 39.4 Å². The van der Waals surface area contributed by atoms with E-state index in [4.69, 9.17) is 32.4 Å². The maximum atomic E-state index is 11.4. The molecule has 0 radical (unpaired) electrons. The van der Waals surface area contributed by atoms with Crippen molar-refractivity contribution in [1.29, 1.82) is 0 Å². The van der Waals surface area contributed by atoms with Gasteiger partial charge < -0.3 is 9.15 Å². The van der Waals surface area contributed by atoms with E-state index in [9.17, 15) is 9.59 Å². The van der Waals surface area contributed by atoms with Gasteiger partial charge in [0.1, 0.15) is 16.4 Å². The van der Waals surface area contributed by atoms with Crippen LogP contribution in [0.15, 0.2) is 27.4 Å². The summed E-state index contributed by atoms with van der Waals surface area (Å²) < 4.78 is 10.1. The van der Waals surface area contributed by atoms with E-state index in [1.807, 2.05) is 0 Å². The van der Waals surface area contributed by atoms with E-state index < -0.39 is 10.9 Å². The Bertz CT molecular complexity index is 676. The van der Waals surface area contributed by atoms with E-state index in [2.05, 4.69) is 0 Å². The van der Waals surface area contributed by atoms with Crippen LogP contribution in [0.5, 0.6) is 5.75 Å². The number of hydrogen-bond acceptors (Lipinski definition) is 4. The number of carbonyl (C=O) groups excluding carboxylic acids is 1. The number of ether oxygens (including phenoxy) is 1. The van der Waals surface area contributed by atoms with Crippen LogP contribution in [0.25, 0.3) is 11.0 Å². The van der Waals surface area contributed by atoms with Crippen LogP contribution in [0.2, 0.25) is 5.02 Å². The van der Waals surface area contributed by atoms with Crippen LogP contribution in [0, 0.1) is 6.92 Å². The Labute approximate surface area is 112 Å². The van der Waals surface area contributed by atoms with E-state index >= 15 is 0 Å². The third-order valence-corrected chi connectivity index (χ3v) is 2.97. The Balaban J connectivity index is 2.49. The molecule has 0 atom stereocenters. The van der Waals surface area contributed by atoms with Gasteiger partial charge in [0.2, 0.25) is 0 Å². The van der Waals surface area contributed by atoms with Crippen LogP contribution in [-0.2, 0) is 4.79 Å². The van der Waals surface area contributed by atoms with E-state index in [-0.39, 0.29) is 11.6 Å². The molecule has 0 unspecified atom stereocenters. The van der Waals surface area contributed by atoms with Gasteiger partial charge in [-0.05, 0) is 36.2 Å². The number of halogens is 2. The highest BCUT2D eigenvalue weighted by Crippen LogP contribution is 2.25. The van der Waals surface area contributed by atoms with E-state index in [0.29, 0.717) is 22.3 Å². The molecule has 0 bridgehead atoms. The first-order valence-corrected chi connectivity index (χ1v) is 5.78. The highest BCUT2D eigenvalue weighted by atomic mass is 35.5. The number of hydrogen-bond donors (Lipinski definition) is 0. The first-order chi connectivity index (χ1) is 8.49. The molecule has 0 aliphatic heterocycles. The second kappa shape index (κ2) is 5.00. The van der Waals surface area contributed by atoms with Crippen molar-refractivity contribution in [2.45, 2.75) is 6.92 Å². The highest BCUT2D eigenvalue weighted by molar-refractivity contribution is 6.63. The normalized spacial score (nSPS) is 10.6. The van der Waals surface area contributed by atoms with Crippen molar-refractivity contribution in [2.24, 2.45) is 0 Å². The average molecular weight is 287 g/mol. The summed E-state index contributed by atoms with van der Waals surface area (Å²) >= 11 is 11.0. The van der Waals surface area contributed by atoms with Gasteiger partial charge in [-0.15, -0.1) is 0 Å². The average Bonchev–Trinajstić information content (AvgIpc) is 2.33. The predicted octanol–water partition coefficient (Wildman–Crippen LogP) is 2.90. The second-order valence-corrected chi connectivity index (χ2v) is 4.43. The molecule has 0 amide bonds. The zero-order valence-corrected chi connectivity index (χ0v) is 10.8. The molecule has 6 heteroatoms. The molecule has 0 aliphatic rings. The molecule has 0 saturated carbocycles. The van der Waals surface area contributed by atoms with Crippen LogP contribution in [-0.4, -0.2) is 11.8 Å². The lowest BCUT2D eigenvalue weighted by molar-refractivity contribution is -0.113. The Morgan fingerprint density at radius 3 is 2.83 bits per heavy atom. The maximum Gasteiger partial charge on any atom is 0.355 e. The Hall–Kier alpha value is -1.52. The predicted molar refractivity (Wildman–Crippen MR) is 68.6 cm³/mol. The number of rotatable bonds is 3. The zero-order valence-electron chi connectivity index (χ0n) is 9.33. The molecule has 2 aromatic rings. The van der Waals surface area contributed by atoms with Gasteiger partial charge in [-0.3, -0.25) is 4.79 Å². The number of carbonyl (C=O) groups is 1. The molecule has 0 saturated heterocycles. The highest BCUT2D eigenvalue weighted by Gasteiger charge is 2.10. The molecule has 2 rings (SSSR count). The zero-order chi connectivity index (χ0) is 13.3. The van der Waals surface area contributed by atoms with E-state index in [0.717, 1.165) is 0 Å². The monoisotopic (exact) mass is 286 g/mol. The smallest absolute Gasteiger partial charge is 0.355 e. The van der Waals surface area contributed by atoms with Gasteiger partial charge in [0, 0.05) is 11.5 Å². The van der Waals surface area contributed by atoms with Gasteiger partial charge in [0.25, 0.3) is 5.24 Å². The summed E-state index contributed by atoms with van der Waals surface area (Å²) in [5.41, 5.74) is 0.386. The summed E-state index contributed by atoms with van der Waals surface area (Å²) in [6.45, 7) is 1.48. The Kier molecular flexibility index (Phi) is 3.59. The summed E-state index contributed by atoms with van der Waals surface area (Å²) in [6.07, 6.45) is 0. The van der Waals surface area contributed by atoms with Crippen molar-refractivity contribution in [2.75, 3.05) is 6.61 Å². The SMILES string of the molecule is Cc1c(Cl)c(=O)oc2cc(OCC(=O)Cl)ccc12. The third-order valence-electron chi connectivity index (χ3n) is 2.42. The van der Waals surface area contributed by atoms with E-state index in [1.54, 1.807) is 19.1 Å². The summed E-state index contributed by atoms with van der Waals surface area (Å²) in [5.74, 6) is 0.390. The summed E-state index contributed by atoms with van der Waals surface area (Å²) in [4.78, 5) is 22.0. The maximum absolute atomic E-state index is 11.4. The van der Waals surface area contributed by atoms with E-state index in [1.165, 1.54) is 6.07 Å².